The van der Waals surface area contributed by atoms with Gasteiger partial charge < -0.3 is 0 Å². The van der Waals surface area contributed by atoms with Crippen molar-refractivity contribution < 1.29 is 0 Å². The van der Waals surface area contributed by atoms with Gasteiger partial charge in [-0.2, -0.15) is 0 Å². The van der Waals surface area contributed by atoms with E-state index in [1.54, 1.807) is 0 Å². The zero-order chi connectivity index (χ0) is 23.8. The van der Waals surface area contributed by atoms with Crippen LogP contribution < -0.4 is 0 Å². The van der Waals surface area contributed by atoms with Crippen LogP contribution in [-0.4, -0.2) is 9.97 Å². The average molecular weight is 580 g/mol. The molecule has 1 aliphatic carbocycles. The van der Waals surface area contributed by atoms with Crippen LogP contribution in [0.2, 0.25) is 0 Å². The summed E-state index contributed by atoms with van der Waals surface area (Å²) in [4.78, 5) is 9.12. The van der Waals surface area contributed by atoms with E-state index in [9.17, 15) is 0 Å². The lowest BCUT2D eigenvalue weighted by molar-refractivity contribution is 1.17. The van der Waals surface area contributed by atoms with Crippen LogP contribution in [0.3, 0.4) is 0 Å². The predicted molar refractivity (Wildman–Crippen MR) is 153 cm³/mol. The number of halogens is 2. The molecule has 0 N–H and O–H groups in total. The molecule has 168 valence electrons. The van der Waals surface area contributed by atoms with E-state index in [4.69, 9.17) is 0 Å². The molecule has 1 aliphatic rings. The number of nitrogens with zero attached hydrogens (tertiary/aromatic N) is 2. The van der Waals surface area contributed by atoms with Crippen molar-refractivity contribution in [3.05, 3.63) is 130 Å². The van der Waals surface area contributed by atoms with Crippen molar-refractivity contribution in [2.75, 3.05) is 0 Å². The molecular formula is C31H20Br2N2. The first kappa shape index (κ1) is 22.1. The number of hydrogen-bond donors (Lipinski definition) is 0. The molecule has 0 radical (unpaired) electrons. The molecule has 0 unspecified atom stereocenters. The van der Waals surface area contributed by atoms with Gasteiger partial charge in [-0.05, 0) is 52.6 Å². The van der Waals surface area contributed by atoms with E-state index in [1.165, 1.54) is 32.8 Å². The van der Waals surface area contributed by atoms with E-state index in [0.717, 1.165) is 37.7 Å². The molecule has 2 heterocycles. The van der Waals surface area contributed by atoms with Crippen molar-refractivity contribution >= 4 is 53.4 Å². The Balaban J connectivity index is 0.000000131. The van der Waals surface area contributed by atoms with Crippen LogP contribution in [0.25, 0.3) is 44.1 Å². The third kappa shape index (κ3) is 4.07. The van der Waals surface area contributed by atoms with Gasteiger partial charge in [-0.25, -0.2) is 0 Å². The minimum absolute atomic E-state index is 0.993. The quantitative estimate of drug-likeness (QED) is 0.194. The summed E-state index contributed by atoms with van der Waals surface area (Å²) in [5.74, 6) is 0. The van der Waals surface area contributed by atoms with Gasteiger partial charge in [-0.3, -0.25) is 9.97 Å². The molecule has 0 bridgehead atoms. The van der Waals surface area contributed by atoms with Gasteiger partial charge in [0.15, 0.2) is 0 Å². The van der Waals surface area contributed by atoms with Crippen molar-refractivity contribution in [2.45, 2.75) is 6.42 Å². The fraction of sp³-hybridized carbons (Fsp3) is 0.0323. The van der Waals surface area contributed by atoms with Gasteiger partial charge >= 0.3 is 0 Å². The summed E-state index contributed by atoms with van der Waals surface area (Å²) in [6, 6.07) is 33.5. The number of rotatable bonds is 1. The number of aromatic nitrogens is 2. The van der Waals surface area contributed by atoms with E-state index in [-0.39, 0.29) is 0 Å². The minimum Gasteiger partial charge on any atom is -0.256 e. The lowest BCUT2D eigenvalue weighted by atomic mass is 9.87. The smallest absolute Gasteiger partial charge is 0.0802 e. The summed E-state index contributed by atoms with van der Waals surface area (Å²) in [7, 11) is 0. The maximum absolute atomic E-state index is 4.58. The van der Waals surface area contributed by atoms with Crippen LogP contribution >= 0.6 is 31.9 Å². The SMILES string of the molecule is Brc1ccccc1-c1nccc2cccc(Br)c12.c1ccc2c(c1)Cc1cccc3ccnc-2c13. The number of pyridine rings is 2. The van der Waals surface area contributed by atoms with E-state index in [1.807, 2.05) is 48.8 Å². The highest BCUT2D eigenvalue weighted by Gasteiger charge is 2.18. The van der Waals surface area contributed by atoms with Crippen molar-refractivity contribution in [3.8, 4) is 22.5 Å². The number of fused-ring (bicyclic) bond motifs is 3. The third-order valence-corrected chi connectivity index (χ3v) is 7.75. The highest BCUT2D eigenvalue weighted by atomic mass is 79.9. The molecule has 6 aromatic rings. The first-order valence-electron chi connectivity index (χ1n) is 11.4. The first-order chi connectivity index (χ1) is 17.2. The highest BCUT2D eigenvalue weighted by Crippen LogP contribution is 2.38. The van der Waals surface area contributed by atoms with Crippen molar-refractivity contribution in [2.24, 2.45) is 0 Å². The second kappa shape index (κ2) is 9.37. The lowest BCUT2D eigenvalue weighted by Gasteiger charge is -2.19. The van der Waals surface area contributed by atoms with E-state index >= 15 is 0 Å². The second-order valence-corrected chi connectivity index (χ2v) is 10.2. The minimum atomic E-state index is 0.993. The molecule has 35 heavy (non-hydrogen) atoms. The Morgan fingerprint density at radius 1 is 0.486 bits per heavy atom. The third-order valence-electron chi connectivity index (χ3n) is 6.40. The molecule has 0 atom stereocenters. The maximum atomic E-state index is 4.58. The van der Waals surface area contributed by atoms with Gasteiger partial charge in [-0.1, -0.05) is 105 Å². The largest absolute Gasteiger partial charge is 0.256 e. The Morgan fingerprint density at radius 2 is 1.06 bits per heavy atom. The van der Waals surface area contributed by atoms with Crippen LogP contribution in [0.4, 0.5) is 0 Å². The molecule has 0 fully saturated rings. The Morgan fingerprint density at radius 3 is 1.83 bits per heavy atom. The van der Waals surface area contributed by atoms with Crippen molar-refractivity contribution in [3.63, 3.8) is 0 Å². The second-order valence-electron chi connectivity index (χ2n) is 8.49. The predicted octanol–water partition coefficient (Wildman–Crippen LogP) is 9.23. The number of benzene rings is 4. The highest BCUT2D eigenvalue weighted by molar-refractivity contribution is 9.11. The summed E-state index contributed by atoms with van der Waals surface area (Å²) >= 11 is 7.20. The molecule has 0 aliphatic heterocycles. The Bertz CT molecular complexity index is 1700. The molecule has 0 saturated heterocycles. The molecule has 4 heteroatoms. The molecule has 4 aromatic carbocycles. The Hall–Kier alpha value is -3.34. The van der Waals surface area contributed by atoms with Crippen LogP contribution in [0.5, 0.6) is 0 Å². The summed E-state index contributed by atoms with van der Waals surface area (Å²) in [5, 5.41) is 4.95. The monoisotopic (exact) mass is 578 g/mol. The van der Waals surface area contributed by atoms with Crippen LogP contribution in [0, 0.1) is 0 Å². The number of hydrogen-bond acceptors (Lipinski definition) is 2. The lowest BCUT2D eigenvalue weighted by Crippen LogP contribution is -2.02. The van der Waals surface area contributed by atoms with Gasteiger partial charge in [-0.15, -0.1) is 0 Å². The summed E-state index contributed by atoms with van der Waals surface area (Å²) in [5.41, 5.74) is 7.30. The fourth-order valence-corrected chi connectivity index (χ4v) is 5.85. The van der Waals surface area contributed by atoms with Gasteiger partial charge in [0.2, 0.25) is 0 Å². The van der Waals surface area contributed by atoms with Gasteiger partial charge in [0, 0.05) is 43.2 Å². The summed E-state index contributed by atoms with van der Waals surface area (Å²) in [6.45, 7) is 0. The van der Waals surface area contributed by atoms with E-state index in [0.29, 0.717) is 0 Å². The summed E-state index contributed by atoms with van der Waals surface area (Å²) in [6.07, 6.45) is 4.78. The van der Waals surface area contributed by atoms with E-state index in [2.05, 4.69) is 102 Å². The average Bonchev–Trinajstić information content (AvgIpc) is 2.90. The Labute approximate surface area is 221 Å². The zero-order valence-electron chi connectivity index (χ0n) is 18.7. The van der Waals surface area contributed by atoms with Crippen LogP contribution in [0.1, 0.15) is 11.1 Å². The van der Waals surface area contributed by atoms with Gasteiger partial charge in [0.05, 0.1) is 11.4 Å². The zero-order valence-corrected chi connectivity index (χ0v) is 21.9. The molecule has 2 nitrogen and oxygen atoms in total. The molecule has 0 saturated carbocycles. The molecule has 0 amide bonds. The molecule has 2 aromatic heterocycles. The Kier molecular flexibility index (Phi) is 5.93. The fourth-order valence-electron chi connectivity index (χ4n) is 4.81. The van der Waals surface area contributed by atoms with Crippen molar-refractivity contribution in [1.82, 2.24) is 9.97 Å². The van der Waals surface area contributed by atoms with Gasteiger partial charge in [0.25, 0.3) is 0 Å². The summed E-state index contributed by atoms with van der Waals surface area (Å²) < 4.78 is 2.12. The molecule has 0 spiro atoms. The van der Waals surface area contributed by atoms with Crippen LogP contribution in [0.15, 0.2) is 118 Å². The first-order valence-corrected chi connectivity index (χ1v) is 13.0. The van der Waals surface area contributed by atoms with Crippen molar-refractivity contribution in [1.29, 1.82) is 0 Å². The maximum Gasteiger partial charge on any atom is 0.0802 e. The molecule has 7 rings (SSSR count). The standard InChI is InChI=1S/C16H11N.C15H9Br2N/c1-2-7-14-12(4-1)10-13-6-3-5-11-8-9-17-16(14)15(11)13;16-12-6-2-1-5-11(12)15-14-10(8-9-18-15)4-3-7-13(14)17/h1-9H,10H2;1-9H. The topological polar surface area (TPSA) is 25.8 Å². The normalized spacial score (nSPS) is 11.6. The van der Waals surface area contributed by atoms with Gasteiger partial charge in [0.1, 0.15) is 0 Å². The molecular weight excluding hydrogens is 560 g/mol. The van der Waals surface area contributed by atoms with Crippen LogP contribution in [-0.2, 0) is 6.42 Å². The van der Waals surface area contributed by atoms with E-state index < -0.39 is 0 Å².